The van der Waals surface area contributed by atoms with Crippen molar-refractivity contribution in [3.05, 3.63) is 57.1 Å². The lowest BCUT2D eigenvalue weighted by Gasteiger charge is -2.10. The zero-order valence-corrected chi connectivity index (χ0v) is 15.8. The standard InChI is InChI=1S/C18H15N3O6S/c1-3-20-17(22)15(28-18(20)23)10-11-6-7-13(14(9-11)26-2)27-16-12(21(24)25)5-4-8-19-16/h4-10H,3H2,1-2H3/b15-10-. The van der Waals surface area contributed by atoms with Crippen LogP contribution in [-0.2, 0) is 4.79 Å². The van der Waals surface area contributed by atoms with E-state index in [1.165, 1.54) is 25.4 Å². The van der Waals surface area contributed by atoms with Gasteiger partial charge in [-0.3, -0.25) is 24.6 Å². The van der Waals surface area contributed by atoms with Crippen LogP contribution < -0.4 is 9.47 Å². The van der Waals surface area contributed by atoms with E-state index in [0.29, 0.717) is 22.8 Å². The highest BCUT2D eigenvalue weighted by molar-refractivity contribution is 8.18. The Morgan fingerprint density at radius 3 is 2.71 bits per heavy atom. The summed E-state index contributed by atoms with van der Waals surface area (Å²) >= 11 is 0.868. The highest BCUT2D eigenvalue weighted by Crippen LogP contribution is 2.37. The maximum absolute atomic E-state index is 12.2. The number of pyridine rings is 1. The van der Waals surface area contributed by atoms with E-state index >= 15 is 0 Å². The number of imide groups is 1. The Morgan fingerprint density at radius 2 is 2.07 bits per heavy atom. The average molecular weight is 401 g/mol. The number of aromatic nitrogens is 1. The molecule has 0 bridgehead atoms. The lowest BCUT2D eigenvalue weighted by molar-refractivity contribution is -0.386. The van der Waals surface area contributed by atoms with Crippen LogP contribution in [0.25, 0.3) is 6.08 Å². The summed E-state index contributed by atoms with van der Waals surface area (Å²) < 4.78 is 10.8. The molecule has 1 fully saturated rings. The predicted molar refractivity (Wildman–Crippen MR) is 102 cm³/mol. The van der Waals surface area contributed by atoms with E-state index in [2.05, 4.69) is 4.98 Å². The van der Waals surface area contributed by atoms with Crippen LogP contribution in [0.1, 0.15) is 12.5 Å². The van der Waals surface area contributed by atoms with Crippen LogP contribution in [0.2, 0.25) is 0 Å². The Hall–Kier alpha value is -3.40. The number of nitro groups is 1. The molecule has 0 atom stereocenters. The zero-order chi connectivity index (χ0) is 20.3. The zero-order valence-electron chi connectivity index (χ0n) is 14.9. The third-order valence-electron chi connectivity index (χ3n) is 3.83. The monoisotopic (exact) mass is 401 g/mol. The van der Waals surface area contributed by atoms with Gasteiger partial charge in [-0.2, -0.15) is 0 Å². The summed E-state index contributed by atoms with van der Waals surface area (Å²) in [6.07, 6.45) is 2.96. The van der Waals surface area contributed by atoms with Gasteiger partial charge in [0.2, 0.25) is 0 Å². The van der Waals surface area contributed by atoms with Crippen molar-refractivity contribution in [2.75, 3.05) is 13.7 Å². The number of hydrogen-bond acceptors (Lipinski definition) is 8. The predicted octanol–water partition coefficient (Wildman–Crippen LogP) is 3.85. The van der Waals surface area contributed by atoms with Gasteiger partial charge >= 0.3 is 5.69 Å². The molecule has 0 aliphatic carbocycles. The summed E-state index contributed by atoms with van der Waals surface area (Å²) in [5.74, 6) is 0.00931. The van der Waals surface area contributed by atoms with E-state index in [1.54, 1.807) is 31.2 Å². The number of benzene rings is 1. The van der Waals surface area contributed by atoms with Gasteiger partial charge in [0.15, 0.2) is 11.5 Å². The Balaban J connectivity index is 1.90. The molecule has 0 N–H and O–H groups in total. The minimum atomic E-state index is -0.590. The molecule has 1 saturated heterocycles. The topological polar surface area (TPSA) is 112 Å². The minimum Gasteiger partial charge on any atom is -0.493 e. The lowest BCUT2D eigenvalue weighted by Crippen LogP contribution is -2.27. The van der Waals surface area contributed by atoms with E-state index < -0.39 is 4.92 Å². The number of thioether (sulfide) groups is 1. The van der Waals surface area contributed by atoms with Crippen molar-refractivity contribution in [2.45, 2.75) is 6.92 Å². The van der Waals surface area contributed by atoms with Crippen molar-refractivity contribution in [1.82, 2.24) is 9.88 Å². The van der Waals surface area contributed by atoms with Crippen molar-refractivity contribution >= 4 is 34.7 Å². The first-order valence-corrected chi connectivity index (χ1v) is 8.97. The van der Waals surface area contributed by atoms with E-state index in [0.717, 1.165) is 16.7 Å². The largest absolute Gasteiger partial charge is 0.493 e. The van der Waals surface area contributed by atoms with Crippen LogP contribution in [0.3, 0.4) is 0 Å². The third-order valence-corrected chi connectivity index (χ3v) is 4.74. The van der Waals surface area contributed by atoms with Crippen LogP contribution in [0, 0.1) is 10.1 Å². The van der Waals surface area contributed by atoms with Crippen LogP contribution in [0.5, 0.6) is 17.4 Å². The molecule has 0 spiro atoms. The van der Waals surface area contributed by atoms with Crippen molar-refractivity contribution in [2.24, 2.45) is 0 Å². The van der Waals surface area contributed by atoms with Crippen LogP contribution >= 0.6 is 11.8 Å². The summed E-state index contributed by atoms with van der Waals surface area (Å²) in [5, 5.41) is 10.8. The number of amides is 2. The van der Waals surface area contributed by atoms with Crippen molar-refractivity contribution in [3.63, 3.8) is 0 Å². The van der Waals surface area contributed by atoms with Crippen molar-refractivity contribution in [1.29, 1.82) is 0 Å². The highest BCUT2D eigenvalue weighted by Gasteiger charge is 2.33. The molecule has 3 rings (SSSR count). The normalized spacial score (nSPS) is 15.2. The van der Waals surface area contributed by atoms with Crippen molar-refractivity contribution in [3.8, 4) is 17.4 Å². The molecule has 2 amide bonds. The van der Waals surface area contributed by atoms with Crippen molar-refractivity contribution < 1.29 is 24.0 Å². The lowest BCUT2D eigenvalue weighted by atomic mass is 10.2. The molecular formula is C18H15N3O6S. The van der Waals surface area contributed by atoms with Gasteiger partial charge in [0.25, 0.3) is 17.0 Å². The van der Waals surface area contributed by atoms with E-state index in [1.807, 2.05) is 0 Å². The first-order valence-electron chi connectivity index (χ1n) is 8.15. The maximum atomic E-state index is 12.2. The van der Waals surface area contributed by atoms with Crippen LogP contribution in [0.4, 0.5) is 10.5 Å². The van der Waals surface area contributed by atoms with Gasteiger partial charge < -0.3 is 9.47 Å². The first-order chi connectivity index (χ1) is 13.4. The Bertz CT molecular complexity index is 991. The second-order valence-electron chi connectivity index (χ2n) is 5.52. The SMILES string of the molecule is CCN1C(=O)S/C(=C\c2ccc(Oc3ncccc3[N+](=O)[O-])c(OC)c2)C1=O. The van der Waals surface area contributed by atoms with Gasteiger partial charge in [-0.25, -0.2) is 4.98 Å². The summed E-state index contributed by atoms with van der Waals surface area (Å²) in [6, 6.07) is 7.52. The molecule has 0 radical (unpaired) electrons. The van der Waals surface area contributed by atoms with E-state index in [4.69, 9.17) is 9.47 Å². The third kappa shape index (κ3) is 3.81. The molecule has 10 heteroatoms. The quantitative estimate of drug-likeness (QED) is 0.408. The molecule has 0 saturated carbocycles. The molecule has 0 unspecified atom stereocenters. The number of methoxy groups -OCH3 is 1. The fraction of sp³-hybridized carbons (Fsp3) is 0.167. The molecule has 144 valence electrons. The first kappa shape index (κ1) is 19.4. The minimum absolute atomic E-state index is 0.164. The van der Waals surface area contributed by atoms with Gasteiger partial charge in [0, 0.05) is 18.8 Å². The number of nitrogens with zero attached hydrogens (tertiary/aromatic N) is 3. The fourth-order valence-corrected chi connectivity index (χ4v) is 3.39. The maximum Gasteiger partial charge on any atom is 0.331 e. The van der Waals surface area contributed by atoms with Gasteiger partial charge in [-0.05, 0) is 48.5 Å². The van der Waals surface area contributed by atoms with E-state index in [-0.39, 0.29) is 28.5 Å². The molecular weight excluding hydrogens is 386 g/mol. The summed E-state index contributed by atoms with van der Waals surface area (Å²) in [6.45, 7) is 2.03. The molecule has 2 heterocycles. The van der Waals surface area contributed by atoms with Gasteiger partial charge in [-0.15, -0.1) is 0 Å². The molecule has 28 heavy (non-hydrogen) atoms. The highest BCUT2D eigenvalue weighted by atomic mass is 32.2. The van der Waals surface area contributed by atoms with Gasteiger partial charge in [-0.1, -0.05) is 6.07 Å². The molecule has 1 aliphatic rings. The second-order valence-corrected chi connectivity index (χ2v) is 6.52. The number of ether oxygens (including phenoxy) is 2. The number of rotatable bonds is 6. The van der Waals surface area contributed by atoms with Crippen LogP contribution in [0.15, 0.2) is 41.4 Å². The summed E-state index contributed by atoms with van der Waals surface area (Å²) in [7, 11) is 1.42. The van der Waals surface area contributed by atoms with E-state index in [9.17, 15) is 19.7 Å². The second kappa shape index (κ2) is 8.09. The number of likely N-dealkylation sites (N-methyl/N-ethyl adjacent to an activating group) is 1. The number of carbonyl (C=O) groups excluding carboxylic acids is 2. The number of carbonyl (C=O) groups is 2. The summed E-state index contributed by atoms with van der Waals surface area (Å²) in [4.78, 5) is 39.9. The smallest absolute Gasteiger partial charge is 0.331 e. The molecule has 9 nitrogen and oxygen atoms in total. The Morgan fingerprint density at radius 1 is 1.29 bits per heavy atom. The average Bonchev–Trinajstić information content (AvgIpc) is 2.95. The molecule has 1 aromatic heterocycles. The molecule has 2 aromatic rings. The number of hydrogen-bond donors (Lipinski definition) is 0. The molecule has 1 aromatic carbocycles. The molecule has 1 aliphatic heterocycles. The Labute approximate surface area is 164 Å². The Kier molecular flexibility index (Phi) is 5.59. The van der Waals surface area contributed by atoms with Gasteiger partial charge in [0.1, 0.15) is 0 Å². The fourth-order valence-electron chi connectivity index (χ4n) is 2.49. The van der Waals surface area contributed by atoms with Crippen LogP contribution in [-0.4, -0.2) is 39.6 Å². The van der Waals surface area contributed by atoms with Gasteiger partial charge in [0.05, 0.1) is 16.9 Å². The summed E-state index contributed by atoms with van der Waals surface area (Å²) in [5.41, 5.74) is 0.336.